The average molecular weight is 323 g/mol. The molecule has 3 rings (SSSR count). The summed E-state index contributed by atoms with van der Waals surface area (Å²) in [5.41, 5.74) is 0.457. The molecule has 2 N–H and O–H groups in total. The van der Waals surface area contributed by atoms with E-state index in [0.717, 1.165) is 22.2 Å². The minimum absolute atomic E-state index is 0.390. The predicted octanol–water partition coefficient (Wildman–Crippen LogP) is 3.00. The molecule has 21 heavy (non-hydrogen) atoms. The van der Waals surface area contributed by atoms with E-state index in [1.165, 1.54) is 0 Å². The van der Waals surface area contributed by atoms with Crippen molar-refractivity contribution in [1.29, 1.82) is 0 Å². The highest BCUT2D eigenvalue weighted by atomic mass is 35.5. The summed E-state index contributed by atoms with van der Waals surface area (Å²) >= 11 is 7.72. The maximum atomic E-state index is 12.2. The number of benzene rings is 1. The third kappa shape index (κ3) is 2.73. The number of nitrogens with one attached hydrogen (secondary N) is 1. The maximum absolute atomic E-state index is 12.2. The van der Waals surface area contributed by atoms with Crippen LogP contribution < -0.4 is 5.32 Å². The van der Waals surface area contributed by atoms with E-state index in [4.69, 9.17) is 11.6 Å². The number of aliphatic hydroxyl groups is 1. The highest BCUT2D eigenvalue weighted by Gasteiger charge is 2.39. The Morgan fingerprint density at radius 3 is 2.95 bits per heavy atom. The normalized spacial score (nSPS) is 21.7. The fourth-order valence-corrected chi connectivity index (χ4v) is 3.81. The summed E-state index contributed by atoms with van der Waals surface area (Å²) in [5, 5.41) is 14.4. The Kier molecular flexibility index (Phi) is 3.82. The molecule has 0 spiro atoms. The lowest BCUT2D eigenvalue weighted by molar-refractivity contribution is -0.131. The number of hydrogen-bond donors (Lipinski definition) is 2. The largest absolute Gasteiger partial charge is 0.379 e. The Balaban J connectivity index is 1.91. The Hall–Kier alpha value is -1.30. The number of carbonyl (C=O) groups is 1. The van der Waals surface area contributed by atoms with Crippen LogP contribution in [0.15, 0.2) is 24.3 Å². The van der Waals surface area contributed by atoms with Gasteiger partial charge in [0, 0.05) is 16.2 Å². The number of fused-ring (bicyclic) bond motifs is 1. The number of halogens is 1. The van der Waals surface area contributed by atoms with Crippen molar-refractivity contribution in [3.8, 4) is 0 Å². The van der Waals surface area contributed by atoms with Crippen molar-refractivity contribution < 1.29 is 9.90 Å². The van der Waals surface area contributed by atoms with E-state index in [2.05, 4.69) is 10.3 Å². The summed E-state index contributed by atoms with van der Waals surface area (Å²) in [4.78, 5) is 16.6. The van der Waals surface area contributed by atoms with Crippen molar-refractivity contribution in [2.75, 3.05) is 16.8 Å². The molecule has 1 atom stereocenters. The Morgan fingerprint density at radius 1 is 1.43 bits per heavy atom. The van der Waals surface area contributed by atoms with Gasteiger partial charge in [0.2, 0.25) is 0 Å². The van der Waals surface area contributed by atoms with Gasteiger partial charge in [-0.2, -0.15) is 11.8 Å². The molecule has 0 bridgehead atoms. The fourth-order valence-electron chi connectivity index (χ4n) is 2.35. The number of anilines is 1. The number of carbonyl (C=O) groups excluding carboxylic acids is 1. The van der Waals surface area contributed by atoms with Crippen LogP contribution >= 0.6 is 23.4 Å². The Morgan fingerprint density at radius 2 is 2.24 bits per heavy atom. The van der Waals surface area contributed by atoms with E-state index in [1.54, 1.807) is 17.8 Å². The van der Waals surface area contributed by atoms with Crippen molar-refractivity contribution in [2.45, 2.75) is 18.9 Å². The van der Waals surface area contributed by atoms with Gasteiger partial charge in [-0.25, -0.2) is 4.98 Å². The highest BCUT2D eigenvalue weighted by molar-refractivity contribution is 7.99. The van der Waals surface area contributed by atoms with Gasteiger partial charge in [0.15, 0.2) is 5.60 Å². The number of thioether (sulfide) groups is 1. The molecular formula is C15H15ClN2O2S. The molecule has 4 nitrogen and oxygen atoms in total. The fraction of sp³-hybridized carbons (Fsp3) is 0.333. The molecule has 2 aromatic rings. The monoisotopic (exact) mass is 322 g/mol. The van der Waals surface area contributed by atoms with Gasteiger partial charge >= 0.3 is 0 Å². The summed E-state index contributed by atoms with van der Waals surface area (Å²) in [6, 6.07) is 7.26. The van der Waals surface area contributed by atoms with Crippen LogP contribution in [0.5, 0.6) is 0 Å². The smallest absolute Gasteiger partial charge is 0.258 e. The second-order valence-corrected chi connectivity index (χ2v) is 6.76. The van der Waals surface area contributed by atoms with E-state index < -0.39 is 5.60 Å². The van der Waals surface area contributed by atoms with Crippen LogP contribution in [0.4, 0.5) is 5.82 Å². The third-order valence-electron chi connectivity index (χ3n) is 3.67. The van der Waals surface area contributed by atoms with Crippen molar-refractivity contribution in [3.05, 3.63) is 34.9 Å². The number of rotatable bonds is 2. The third-order valence-corrected chi connectivity index (χ3v) is 5.17. The number of hydrogen-bond acceptors (Lipinski definition) is 4. The lowest BCUT2D eigenvalue weighted by Crippen LogP contribution is -2.43. The summed E-state index contributed by atoms with van der Waals surface area (Å²) in [5.74, 6) is 1.27. The molecule has 1 aromatic heterocycles. The van der Waals surface area contributed by atoms with Crippen LogP contribution in [-0.2, 0) is 4.79 Å². The van der Waals surface area contributed by atoms with Crippen LogP contribution in [-0.4, -0.2) is 33.1 Å². The van der Waals surface area contributed by atoms with Crippen LogP contribution in [0.1, 0.15) is 12.0 Å². The number of amides is 1. The lowest BCUT2D eigenvalue weighted by atomic mass is 10.0. The van der Waals surface area contributed by atoms with E-state index in [1.807, 2.05) is 25.1 Å². The van der Waals surface area contributed by atoms with Gasteiger partial charge in [-0.05, 0) is 42.9 Å². The molecule has 1 aliphatic heterocycles. The standard InChI is InChI=1S/C15H15ClN2O2S/c1-9-2-4-11(16)10-3-5-12(17-13(9)10)18-14(19)15(20)6-7-21-8-15/h2-5,20H,6-8H2,1H3,(H,17,18,19). The zero-order chi connectivity index (χ0) is 15.0. The minimum Gasteiger partial charge on any atom is -0.379 e. The Labute approximate surface area is 131 Å². The zero-order valence-electron chi connectivity index (χ0n) is 11.5. The molecule has 0 radical (unpaired) electrons. The van der Waals surface area contributed by atoms with Crippen LogP contribution in [0.2, 0.25) is 5.02 Å². The first-order valence-corrected chi connectivity index (χ1v) is 8.20. The van der Waals surface area contributed by atoms with Crippen molar-refractivity contribution in [1.82, 2.24) is 4.98 Å². The van der Waals surface area contributed by atoms with Crippen LogP contribution in [0, 0.1) is 6.92 Å². The number of aryl methyl sites for hydroxylation is 1. The van der Waals surface area contributed by atoms with Crippen LogP contribution in [0.3, 0.4) is 0 Å². The van der Waals surface area contributed by atoms with Gasteiger partial charge in [0.25, 0.3) is 5.91 Å². The first-order valence-electron chi connectivity index (χ1n) is 6.67. The van der Waals surface area contributed by atoms with Crippen molar-refractivity contribution in [2.24, 2.45) is 0 Å². The van der Waals surface area contributed by atoms with Crippen molar-refractivity contribution >= 4 is 46.0 Å². The van der Waals surface area contributed by atoms with E-state index in [0.29, 0.717) is 23.0 Å². The quantitative estimate of drug-likeness (QED) is 0.892. The van der Waals surface area contributed by atoms with Gasteiger partial charge in [0.05, 0.1) is 5.52 Å². The molecule has 6 heteroatoms. The predicted molar refractivity (Wildman–Crippen MR) is 87.0 cm³/mol. The molecule has 1 fully saturated rings. The van der Waals surface area contributed by atoms with Crippen molar-refractivity contribution in [3.63, 3.8) is 0 Å². The first kappa shape index (κ1) is 14.6. The Bertz CT molecular complexity index is 714. The average Bonchev–Trinajstić information content (AvgIpc) is 2.91. The molecule has 2 heterocycles. The van der Waals surface area contributed by atoms with E-state index in [-0.39, 0.29) is 5.91 Å². The first-order chi connectivity index (χ1) is 9.99. The molecule has 110 valence electrons. The highest BCUT2D eigenvalue weighted by Crippen LogP contribution is 2.30. The second-order valence-electron chi connectivity index (χ2n) is 5.25. The summed E-state index contributed by atoms with van der Waals surface area (Å²) in [7, 11) is 0. The van der Waals surface area contributed by atoms with Gasteiger partial charge in [-0.1, -0.05) is 17.7 Å². The number of aromatic nitrogens is 1. The van der Waals surface area contributed by atoms with Gasteiger partial charge in [-0.3, -0.25) is 4.79 Å². The SMILES string of the molecule is Cc1ccc(Cl)c2ccc(NC(=O)C3(O)CCSC3)nc12. The summed E-state index contributed by atoms with van der Waals surface area (Å²) < 4.78 is 0. The minimum atomic E-state index is -1.29. The molecule has 1 saturated heterocycles. The molecule has 0 aliphatic carbocycles. The van der Waals surface area contributed by atoms with Gasteiger partial charge in [-0.15, -0.1) is 0 Å². The topological polar surface area (TPSA) is 62.2 Å². The number of pyridine rings is 1. The zero-order valence-corrected chi connectivity index (χ0v) is 13.1. The van der Waals surface area contributed by atoms with Crippen LogP contribution in [0.25, 0.3) is 10.9 Å². The second kappa shape index (κ2) is 5.48. The molecule has 1 unspecified atom stereocenters. The van der Waals surface area contributed by atoms with E-state index >= 15 is 0 Å². The molecule has 0 saturated carbocycles. The van der Waals surface area contributed by atoms with Gasteiger partial charge < -0.3 is 10.4 Å². The van der Waals surface area contributed by atoms with Gasteiger partial charge in [0.1, 0.15) is 5.82 Å². The summed E-state index contributed by atoms with van der Waals surface area (Å²) in [6.07, 6.45) is 0.474. The molecular weight excluding hydrogens is 308 g/mol. The maximum Gasteiger partial charge on any atom is 0.258 e. The number of nitrogens with zero attached hydrogens (tertiary/aromatic N) is 1. The molecule has 1 amide bonds. The molecule has 1 aliphatic rings. The molecule has 1 aromatic carbocycles. The summed E-state index contributed by atoms with van der Waals surface area (Å²) in [6.45, 7) is 1.94. The van der Waals surface area contributed by atoms with E-state index in [9.17, 15) is 9.90 Å². The lowest BCUT2D eigenvalue weighted by Gasteiger charge is -2.20.